The molecule has 1 aromatic carbocycles. The van der Waals surface area contributed by atoms with E-state index < -0.39 is 17.6 Å². The van der Waals surface area contributed by atoms with Gasteiger partial charge in [-0.05, 0) is 43.3 Å². The van der Waals surface area contributed by atoms with Crippen LogP contribution in [-0.2, 0) is 0 Å². The Bertz CT molecular complexity index is 1020. The van der Waals surface area contributed by atoms with Crippen molar-refractivity contribution in [3.63, 3.8) is 0 Å². The lowest BCUT2D eigenvalue weighted by Crippen LogP contribution is -2.17. The zero-order valence-corrected chi connectivity index (χ0v) is 15.0. The molecule has 0 bridgehead atoms. The van der Waals surface area contributed by atoms with Gasteiger partial charge in [0.25, 0.3) is 11.8 Å². The molecular formula is C19H14FN3O3S. The highest BCUT2D eigenvalue weighted by Gasteiger charge is 2.16. The summed E-state index contributed by atoms with van der Waals surface area (Å²) in [5, 5.41) is 6.74. The summed E-state index contributed by atoms with van der Waals surface area (Å²) in [4.78, 5) is 40.3. The second-order valence-corrected chi connectivity index (χ2v) is 6.48. The van der Waals surface area contributed by atoms with Crippen LogP contribution in [0.15, 0.2) is 54.0 Å². The van der Waals surface area contributed by atoms with Gasteiger partial charge in [-0.15, -0.1) is 11.3 Å². The molecule has 2 aromatic heterocycles. The Morgan fingerprint density at radius 2 is 1.78 bits per heavy atom. The molecule has 3 rings (SSSR count). The van der Waals surface area contributed by atoms with Crippen LogP contribution in [0.5, 0.6) is 0 Å². The van der Waals surface area contributed by atoms with Crippen LogP contribution in [0.3, 0.4) is 0 Å². The highest BCUT2D eigenvalue weighted by Crippen LogP contribution is 2.25. The number of hydrogen-bond acceptors (Lipinski definition) is 5. The molecule has 3 aromatic rings. The lowest BCUT2D eigenvalue weighted by molar-refractivity contribution is 0.101. The number of ketones is 1. The van der Waals surface area contributed by atoms with Crippen LogP contribution < -0.4 is 10.6 Å². The highest BCUT2D eigenvalue weighted by molar-refractivity contribution is 7.12. The third-order valence-corrected chi connectivity index (χ3v) is 4.53. The number of carbonyl (C=O) groups is 3. The standard InChI is InChI=1S/C19H14FN3O3S/c1-11(24)12-8-17(27-10-12)19(26)23-16-9-13(20)5-6-14(16)22-18(25)15-4-2-3-7-21-15/h2-10H,1H3,(H,22,25)(H,23,26). The van der Waals surface area contributed by atoms with E-state index in [0.717, 1.165) is 17.4 Å². The van der Waals surface area contributed by atoms with Crippen molar-refractivity contribution in [2.75, 3.05) is 10.6 Å². The number of rotatable bonds is 5. The summed E-state index contributed by atoms with van der Waals surface area (Å²) in [7, 11) is 0. The van der Waals surface area contributed by atoms with Gasteiger partial charge in [-0.1, -0.05) is 6.07 Å². The first kappa shape index (κ1) is 18.4. The van der Waals surface area contributed by atoms with E-state index in [4.69, 9.17) is 0 Å². The lowest BCUT2D eigenvalue weighted by atomic mass is 10.2. The first-order valence-corrected chi connectivity index (χ1v) is 8.75. The van der Waals surface area contributed by atoms with E-state index >= 15 is 0 Å². The predicted octanol–water partition coefficient (Wildman–Crippen LogP) is 3.99. The Morgan fingerprint density at radius 1 is 1.00 bits per heavy atom. The summed E-state index contributed by atoms with van der Waals surface area (Å²) in [6.45, 7) is 1.40. The van der Waals surface area contributed by atoms with E-state index in [1.54, 1.807) is 17.5 Å². The monoisotopic (exact) mass is 383 g/mol. The van der Waals surface area contributed by atoms with Gasteiger partial charge in [-0.25, -0.2) is 4.39 Å². The maximum atomic E-state index is 13.7. The van der Waals surface area contributed by atoms with Gasteiger partial charge in [0, 0.05) is 17.1 Å². The summed E-state index contributed by atoms with van der Waals surface area (Å²) in [6, 6.07) is 9.96. The van der Waals surface area contributed by atoms with Crippen molar-refractivity contribution in [2.24, 2.45) is 0 Å². The van der Waals surface area contributed by atoms with Crippen LogP contribution in [0.1, 0.15) is 37.4 Å². The average molecular weight is 383 g/mol. The Balaban J connectivity index is 1.82. The first-order valence-electron chi connectivity index (χ1n) is 7.87. The molecule has 0 atom stereocenters. The number of benzene rings is 1. The smallest absolute Gasteiger partial charge is 0.274 e. The number of halogens is 1. The minimum absolute atomic E-state index is 0.0991. The SMILES string of the molecule is CC(=O)c1csc(C(=O)Nc2cc(F)ccc2NC(=O)c2ccccn2)c1. The van der Waals surface area contributed by atoms with Crippen LogP contribution in [0.25, 0.3) is 0 Å². The summed E-state index contributed by atoms with van der Waals surface area (Å²) in [6.07, 6.45) is 1.48. The summed E-state index contributed by atoms with van der Waals surface area (Å²) < 4.78 is 13.7. The van der Waals surface area contributed by atoms with Crippen LogP contribution in [-0.4, -0.2) is 22.6 Å². The van der Waals surface area contributed by atoms with Gasteiger partial charge in [0.1, 0.15) is 11.5 Å². The number of anilines is 2. The zero-order chi connectivity index (χ0) is 19.4. The van der Waals surface area contributed by atoms with Gasteiger partial charge in [0.2, 0.25) is 0 Å². The second-order valence-electron chi connectivity index (χ2n) is 5.57. The number of Topliss-reactive ketones (excluding diaryl/α,β-unsaturated/α-hetero) is 1. The minimum atomic E-state index is -0.572. The quantitative estimate of drug-likeness (QED) is 0.652. The first-order chi connectivity index (χ1) is 12.9. The van der Waals surface area contributed by atoms with E-state index in [1.807, 2.05) is 0 Å². The molecule has 8 heteroatoms. The predicted molar refractivity (Wildman–Crippen MR) is 101 cm³/mol. The van der Waals surface area contributed by atoms with E-state index in [0.29, 0.717) is 10.4 Å². The molecule has 0 saturated heterocycles. The number of pyridine rings is 1. The Labute approximate surface area is 158 Å². The maximum absolute atomic E-state index is 13.7. The molecule has 136 valence electrons. The van der Waals surface area contributed by atoms with E-state index in [9.17, 15) is 18.8 Å². The second kappa shape index (κ2) is 7.88. The van der Waals surface area contributed by atoms with Crippen LogP contribution in [0.2, 0.25) is 0 Å². The van der Waals surface area contributed by atoms with Crippen molar-refractivity contribution in [1.82, 2.24) is 4.98 Å². The van der Waals surface area contributed by atoms with Gasteiger partial charge >= 0.3 is 0 Å². The van der Waals surface area contributed by atoms with E-state index in [1.165, 1.54) is 37.4 Å². The van der Waals surface area contributed by atoms with Crippen molar-refractivity contribution >= 4 is 40.3 Å². The molecule has 0 radical (unpaired) electrons. The van der Waals surface area contributed by atoms with Crippen LogP contribution >= 0.6 is 11.3 Å². The van der Waals surface area contributed by atoms with Crippen molar-refractivity contribution in [2.45, 2.75) is 6.92 Å². The summed E-state index contributed by atoms with van der Waals surface area (Å²) in [5.41, 5.74) is 0.933. The van der Waals surface area contributed by atoms with Gasteiger partial charge < -0.3 is 10.6 Å². The van der Waals surface area contributed by atoms with Crippen molar-refractivity contribution in [3.8, 4) is 0 Å². The fraction of sp³-hybridized carbons (Fsp3) is 0.0526. The highest BCUT2D eigenvalue weighted by atomic mass is 32.1. The van der Waals surface area contributed by atoms with E-state index in [2.05, 4.69) is 15.6 Å². The molecule has 0 aliphatic rings. The van der Waals surface area contributed by atoms with Gasteiger partial charge in [0.05, 0.1) is 16.3 Å². The molecule has 0 spiro atoms. The van der Waals surface area contributed by atoms with Crippen molar-refractivity contribution in [1.29, 1.82) is 0 Å². The van der Waals surface area contributed by atoms with Crippen LogP contribution in [0.4, 0.5) is 15.8 Å². The van der Waals surface area contributed by atoms with E-state index in [-0.39, 0.29) is 22.9 Å². The summed E-state index contributed by atoms with van der Waals surface area (Å²) >= 11 is 1.10. The topological polar surface area (TPSA) is 88.2 Å². The normalized spacial score (nSPS) is 10.3. The molecular weight excluding hydrogens is 369 g/mol. The molecule has 6 nitrogen and oxygen atoms in total. The van der Waals surface area contributed by atoms with Crippen LogP contribution in [0, 0.1) is 5.82 Å². The molecule has 27 heavy (non-hydrogen) atoms. The fourth-order valence-corrected chi connectivity index (χ4v) is 3.08. The molecule has 0 saturated carbocycles. The largest absolute Gasteiger partial charge is 0.319 e. The van der Waals surface area contributed by atoms with Crippen molar-refractivity contribution in [3.05, 3.63) is 76.0 Å². The molecule has 0 unspecified atom stereocenters. The molecule has 0 aliphatic carbocycles. The van der Waals surface area contributed by atoms with Gasteiger partial charge in [0.15, 0.2) is 5.78 Å². The molecule has 0 fully saturated rings. The van der Waals surface area contributed by atoms with Gasteiger partial charge in [-0.2, -0.15) is 0 Å². The zero-order valence-electron chi connectivity index (χ0n) is 14.2. The Hall–Kier alpha value is -3.39. The van der Waals surface area contributed by atoms with Crippen molar-refractivity contribution < 1.29 is 18.8 Å². The Morgan fingerprint density at radius 3 is 2.44 bits per heavy atom. The molecule has 2 heterocycles. The number of aromatic nitrogens is 1. The Kier molecular flexibility index (Phi) is 5.37. The third kappa shape index (κ3) is 4.42. The average Bonchev–Trinajstić information content (AvgIpc) is 3.15. The molecule has 2 N–H and O–H groups in total. The number of carbonyl (C=O) groups excluding carboxylic acids is 3. The number of thiophene rings is 1. The molecule has 0 aliphatic heterocycles. The lowest BCUT2D eigenvalue weighted by Gasteiger charge is -2.12. The fourth-order valence-electron chi connectivity index (χ4n) is 2.24. The number of nitrogens with zero attached hydrogens (tertiary/aromatic N) is 1. The summed E-state index contributed by atoms with van der Waals surface area (Å²) in [5.74, 6) is -1.73. The number of hydrogen-bond donors (Lipinski definition) is 2. The minimum Gasteiger partial charge on any atom is -0.319 e. The maximum Gasteiger partial charge on any atom is 0.274 e. The molecule has 2 amide bonds. The third-order valence-electron chi connectivity index (χ3n) is 3.61. The van der Waals surface area contributed by atoms with Gasteiger partial charge in [-0.3, -0.25) is 19.4 Å². The number of amides is 2. The number of nitrogens with one attached hydrogen (secondary N) is 2.